The summed E-state index contributed by atoms with van der Waals surface area (Å²) in [6.45, 7) is 0.383. The Morgan fingerprint density at radius 1 is 1.20 bits per heavy atom. The highest BCUT2D eigenvalue weighted by molar-refractivity contribution is 5.62. The van der Waals surface area contributed by atoms with Crippen LogP contribution >= 0.6 is 0 Å². The molecule has 4 heterocycles. The third kappa shape index (κ3) is 2.94. The quantitative estimate of drug-likeness (QED) is 0.609. The van der Waals surface area contributed by atoms with Crippen LogP contribution in [0.3, 0.4) is 0 Å². The van der Waals surface area contributed by atoms with E-state index in [0.717, 1.165) is 11.9 Å². The molecule has 0 aliphatic heterocycles. The average molecular weight is 338 g/mol. The minimum Gasteiger partial charge on any atom is -0.364 e. The molecule has 4 rings (SSSR count). The summed E-state index contributed by atoms with van der Waals surface area (Å²) in [6.07, 6.45) is 4.00. The molecule has 0 radical (unpaired) electrons. The van der Waals surface area contributed by atoms with Crippen molar-refractivity contribution in [3.63, 3.8) is 0 Å². The molecule has 0 aliphatic rings. The highest BCUT2D eigenvalue weighted by Crippen LogP contribution is 2.23. The smallest absolute Gasteiger partial charge is 0.287 e. The molecule has 124 valence electrons. The summed E-state index contributed by atoms with van der Waals surface area (Å²) in [4.78, 5) is 22.0. The van der Waals surface area contributed by atoms with Crippen molar-refractivity contribution < 1.29 is 8.91 Å². The van der Waals surface area contributed by atoms with E-state index in [9.17, 15) is 9.18 Å². The summed E-state index contributed by atoms with van der Waals surface area (Å²) in [5.41, 5.74) is 1.54. The zero-order valence-corrected chi connectivity index (χ0v) is 12.8. The number of pyridine rings is 1. The summed E-state index contributed by atoms with van der Waals surface area (Å²) >= 11 is 0. The molecule has 0 aromatic carbocycles. The van der Waals surface area contributed by atoms with Crippen LogP contribution in [-0.4, -0.2) is 29.9 Å². The Labute approximate surface area is 140 Å². The van der Waals surface area contributed by atoms with Crippen molar-refractivity contribution in [2.45, 2.75) is 6.54 Å². The van der Waals surface area contributed by atoms with Gasteiger partial charge in [0, 0.05) is 12.3 Å². The highest BCUT2D eigenvalue weighted by atomic mass is 19.1. The first-order valence-electron chi connectivity index (χ1n) is 7.34. The Kier molecular flexibility index (Phi) is 3.65. The van der Waals surface area contributed by atoms with Crippen LogP contribution in [0.4, 0.5) is 4.39 Å². The number of nitrogens with zero attached hydrogens (tertiary/aromatic N) is 5. The molecule has 0 saturated carbocycles. The lowest BCUT2D eigenvalue weighted by Crippen LogP contribution is -2.12. The van der Waals surface area contributed by atoms with Gasteiger partial charge in [-0.25, -0.2) is 4.98 Å². The maximum absolute atomic E-state index is 13.1. The normalized spacial score (nSPS) is 10.9. The first kappa shape index (κ1) is 14.9. The average Bonchev–Trinajstić information content (AvgIpc) is 3.28. The Bertz CT molecular complexity index is 1060. The van der Waals surface area contributed by atoms with Crippen molar-refractivity contribution in [1.29, 1.82) is 0 Å². The molecule has 0 fully saturated rings. The van der Waals surface area contributed by atoms with Crippen molar-refractivity contribution in [2.24, 2.45) is 0 Å². The van der Waals surface area contributed by atoms with Crippen LogP contribution < -0.4 is 5.56 Å². The Balaban J connectivity index is 1.80. The lowest BCUT2D eigenvalue weighted by Gasteiger charge is -2.04. The molecule has 0 spiro atoms. The Morgan fingerprint density at radius 2 is 2.12 bits per heavy atom. The van der Waals surface area contributed by atoms with Gasteiger partial charge in [0.1, 0.15) is 17.7 Å². The van der Waals surface area contributed by atoms with Gasteiger partial charge in [0.15, 0.2) is 5.82 Å². The van der Waals surface area contributed by atoms with Gasteiger partial charge >= 0.3 is 0 Å². The molecule has 0 unspecified atom stereocenters. The van der Waals surface area contributed by atoms with Crippen LogP contribution in [-0.2, 0) is 6.54 Å². The fourth-order valence-electron chi connectivity index (χ4n) is 2.36. The number of nitrogens with one attached hydrogen (secondary N) is 1. The van der Waals surface area contributed by atoms with E-state index in [2.05, 4.69) is 25.2 Å². The monoisotopic (exact) mass is 338 g/mol. The first-order chi connectivity index (χ1) is 12.2. The predicted molar refractivity (Wildman–Crippen MR) is 84.9 cm³/mol. The Hall–Kier alpha value is -3.62. The molecule has 4 aromatic heterocycles. The van der Waals surface area contributed by atoms with Gasteiger partial charge in [-0.15, -0.1) is 0 Å². The number of rotatable bonds is 4. The van der Waals surface area contributed by atoms with Gasteiger partial charge in [0.2, 0.25) is 5.82 Å². The SMILES string of the molecule is O=c1[nH]c(-c2cc(-c3ccon3)n(Cc3ccccn3)n2)ncc1F. The third-order valence-corrected chi connectivity index (χ3v) is 3.52. The van der Waals surface area contributed by atoms with E-state index in [1.54, 1.807) is 23.0 Å². The highest BCUT2D eigenvalue weighted by Gasteiger charge is 2.16. The van der Waals surface area contributed by atoms with E-state index in [1.165, 1.54) is 6.26 Å². The van der Waals surface area contributed by atoms with Gasteiger partial charge in [0.05, 0.1) is 24.1 Å². The molecule has 25 heavy (non-hydrogen) atoms. The molecule has 9 heteroatoms. The summed E-state index contributed by atoms with van der Waals surface area (Å²) in [6, 6.07) is 8.95. The molecule has 4 aromatic rings. The number of hydrogen-bond donors (Lipinski definition) is 1. The largest absolute Gasteiger partial charge is 0.364 e. The fourth-order valence-corrected chi connectivity index (χ4v) is 2.36. The topological polar surface area (TPSA) is 102 Å². The molecule has 0 saturated heterocycles. The lowest BCUT2D eigenvalue weighted by atomic mass is 10.2. The fraction of sp³-hybridized carbons (Fsp3) is 0.0625. The Morgan fingerprint density at radius 3 is 2.84 bits per heavy atom. The number of H-pyrrole nitrogens is 1. The van der Waals surface area contributed by atoms with Gasteiger partial charge in [-0.2, -0.15) is 9.49 Å². The van der Waals surface area contributed by atoms with Gasteiger partial charge in [-0.05, 0) is 18.2 Å². The summed E-state index contributed by atoms with van der Waals surface area (Å²) in [7, 11) is 0. The third-order valence-electron chi connectivity index (χ3n) is 3.52. The lowest BCUT2D eigenvalue weighted by molar-refractivity contribution is 0.421. The minimum atomic E-state index is -0.951. The van der Waals surface area contributed by atoms with E-state index in [-0.39, 0.29) is 5.82 Å². The second-order valence-electron chi connectivity index (χ2n) is 5.19. The van der Waals surface area contributed by atoms with Crippen LogP contribution in [0, 0.1) is 5.82 Å². The standard InChI is InChI=1S/C16H11FN6O2/c17-11-8-19-15(20-16(11)24)13-7-14(12-4-6-25-22-12)23(21-13)9-10-3-1-2-5-18-10/h1-8H,9H2,(H,19,20,24). The van der Waals surface area contributed by atoms with Crippen LogP contribution in [0.1, 0.15) is 5.69 Å². The molecule has 0 amide bonds. The minimum absolute atomic E-state index is 0.163. The first-order valence-corrected chi connectivity index (χ1v) is 7.34. The van der Waals surface area contributed by atoms with Gasteiger partial charge < -0.3 is 9.51 Å². The van der Waals surface area contributed by atoms with E-state index >= 15 is 0 Å². The zero-order chi connectivity index (χ0) is 17.2. The molecule has 0 aliphatic carbocycles. The van der Waals surface area contributed by atoms with Crippen molar-refractivity contribution >= 4 is 0 Å². The van der Waals surface area contributed by atoms with Crippen molar-refractivity contribution in [3.8, 4) is 22.9 Å². The molecule has 8 nitrogen and oxygen atoms in total. The summed E-state index contributed by atoms with van der Waals surface area (Å²) < 4.78 is 19.7. The number of aromatic nitrogens is 6. The van der Waals surface area contributed by atoms with Crippen LogP contribution in [0.25, 0.3) is 22.9 Å². The van der Waals surface area contributed by atoms with Gasteiger partial charge in [-0.1, -0.05) is 11.2 Å². The van der Waals surface area contributed by atoms with Crippen molar-refractivity contribution in [2.75, 3.05) is 0 Å². The predicted octanol–water partition coefficient (Wildman–Crippen LogP) is 1.87. The zero-order valence-electron chi connectivity index (χ0n) is 12.8. The van der Waals surface area contributed by atoms with E-state index in [1.807, 2.05) is 18.2 Å². The summed E-state index contributed by atoms with van der Waals surface area (Å²) in [5.74, 6) is -0.788. The second-order valence-corrected chi connectivity index (χ2v) is 5.19. The molecular weight excluding hydrogens is 327 g/mol. The van der Waals surface area contributed by atoms with Gasteiger partial charge in [0.25, 0.3) is 5.56 Å². The van der Waals surface area contributed by atoms with Crippen LogP contribution in [0.15, 0.2) is 58.3 Å². The molecule has 0 atom stereocenters. The number of halogens is 1. The van der Waals surface area contributed by atoms with Gasteiger partial charge in [-0.3, -0.25) is 14.5 Å². The number of aromatic amines is 1. The van der Waals surface area contributed by atoms with Crippen LogP contribution in [0.2, 0.25) is 0 Å². The maximum Gasteiger partial charge on any atom is 0.287 e. The maximum atomic E-state index is 13.1. The van der Waals surface area contributed by atoms with Crippen molar-refractivity contribution in [3.05, 3.63) is 70.9 Å². The second kappa shape index (κ2) is 6.11. The van der Waals surface area contributed by atoms with E-state index in [0.29, 0.717) is 23.6 Å². The molecule has 0 bridgehead atoms. The summed E-state index contributed by atoms with van der Waals surface area (Å²) in [5, 5.41) is 8.36. The number of hydrogen-bond acceptors (Lipinski definition) is 6. The van der Waals surface area contributed by atoms with Crippen LogP contribution in [0.5, 0.6) is 0 Å². The van der Waals surface area contributed by atoms with E-state index < -0.39 is 11.4 Å². The molecule has 1 N–H and O–H groups in total. The van der Waals surface area contributed by atoms with E-state index in [4.69, 9.17) is 4.52 Å². The molecular formula is C16H11FN6O2. The van der Waals surface area contributed by atoms with Crippen molar-refractivity contribution in [1.82, 2.24) is 29.9 Å².